The normalized spacial score (nSPS) is 10.6. The molecule has 1 rings (SSSR count). The smallest absolute Gasteiger partial charge is 0.226 e. The summed E-state index contributed by atoms with van der Waals surface area (Å²) in [6, 6.07) is 5.76. The Bertz CT molecular complexity index is 560. The summed E-state index contributed by atoms with van der Waals surface area (Å²) in [5.41, 5.74) is 8.42. The van der Waals surface area contributed by atoms with Gasteiger partial charge in [0.15, 0.2) is 5.96 Å². The fourth-order valence-electron chi connectivity index (χ4n) is 1.52. The van der Waals surface area contributed by atoms with Gasteiger partial charge in [0.2, 0.25) is 5.91 Å². The van der Waals surface area contributed by atoms with Gasteiger partial charge in [0.05, 0.1) is 6.54 Å². The van der Waals surface area contributed by atoms with Gasteiger partial charge in [-0.3, -0.25) is 4.79 Å². The van der Waals surface area contributed by atoms with E-state index in [4.69, 9.17) is 5.73 Å². The lowest BCUT2D eigenvalue weighted by molar-refractivity contribution is -0.116. The summed E-state index contributed by atoms with van der Waals surface area (Å²) in [4.78, 5) is 15.9. The number of hydrogen-bond donors (Lipinski definition) is 3. The van der Waals surface area contributed by atoms with E-state index >= 15 is 0 Å². The largest absolute Gasteiger partial charge is 0.370 e. The van der Waals surface area contributed by atoms with Gasteiger partial charge in [-0.2, -0.15) is 0 Å². The first kappa shape index (κ1) is 20.9. The van der Waals surface area contributed by atoms with Gasteiger partial charge in [-0.15, -0.1) is 24.0 Å². The topological polar surface area (TPSA) is 79.5 Å². The van der Waals surface area contributed by atoms with Gasteiger partial charge in [0.25, 0.3) is 0 Å². The van der Waals surface area contributed by atoms with Gasteiger partial charge in [-0.25, -0.2) is 4.99 Å². The van der Waals surface area contributed by atoms with Crippen LogP contribution >= 0.6 is 39.9 Å². The second-order valence-electron chi connectivity index (χ2n) is 4.84. The zero-order valence-corrected chi connectivity index (χ0v) is 16.7. The van der Waals surface area contributed by atoms with E-state index in [1.54, 1.807) is 0 Å². The number of amides is 1. The first-order chi connectivity index (χ1) is 9.88. The van der Waals surface area contributed by atoms with Crippen LogP contribution in [-0.2, 0) is 4.79 Å². The minimum absolute atomic E-state index is 0. The van der Waals surface area contributed by atoms with Gasteiger partial charge in [-0.1, -0.05) is 34.1 Å². The molecule has 1 amide bonds. The van der Waals surface area contributed by atoms with Crippen molar-refractivity contribution in [3.05, 3.63) is 40.4 Å². The molecule has 1 aromatic rings. The SMILES string of the molecule is C=C(C)CN=C(N)NCCC(=O)Nc1cc(Br)ccc1C.I. The van der Waals surface area contributed by atoms with Gasteiger partial charge in [0.1, 0.15) is 0 Å². The van der Waals surface area contributed by atoms with Gasteiger partial charge >= 0.3 is 0 Å². The number of nitrogens with zero attached hydrogens (tertiary/aromatic N) is 1. The summed E-state index contributed by atoms with van der Waals surface area (Å²) < 4.78 is 0.928. The highest BCUT2D eigenvalue weighted by Crippen LogP contribution is 2.20. The van der Waals surface area contributed by atoms with Crippen LogP contribution in [0.25, 0.3) is 0 Å². The number of carbonyl (C=O) groups is 1. The van der Waals surface area contributed by atoms with Gasteiger partial charge in [0, 0.05) is 23.1 Å². The molecule has 4 N–H and O–H groups in total. The summed E-state index contributed by atoms with van der Waals surface area (Å²) in [6.07, 6.45) is 0.315. The number of carbonyl (C=O) groups excluding carboxylic acids is 1. The molecular weight excluding hydrogens is 459 g/mol. The van der Waals surface area contributed by atoms with Crippen LogP contribution in [0.5, 0.6) is 0 Å². The monoisotopic (exact) mass is 480 g/mol. The standard InChI is InChI=1S/C15H21BrN4O.HI/c1-10(2)9-19-15(17)18-7-6-14(21)20-13-8-12(16)5-4-11(13)3;/h4-5,8H,1,6-7,9H2,2-3H3,(H,20,21)(H3,17,18,19);1H. The molecule has 0 saturated heterocycles. The molecule has 0 aliphatic rings. The number of benzene rings is 1. The van der Waals surface area contributed by atoms with Gasteiger partial charge < -0.3 is 16.4 Å². The van der Waals surface area contributed by atoms with E-state index in [-0.39, 0.29) is 29.9 Å². The Labute approximate surface area is 157 Å². The molecule has 5 nitrogen and oxygen atoms in total. The average Bonchev–Trinajstić information content (AvgIpc) is 2.40. The number of nitrogens with one attached hydrogen (secondary N) is 2. The maximum Gasteiger partial charge on any atom is 0.226 e. The Kier molecular flexibility index (Phi) is 10.1. The molecule has 0 heterocycles. The van der Waals surface area contributed by atoms with Crippen molar-refractivity contribution in [1.82, 2.24) is 5.32 Å². The van der Waals surface area contributed by atoms with E-state index < -0.39 is 0 Å². The number of halogens is 2. The number of anilines is 1. The van der Waals surface area contributed by atoms with Crippen molar-refractivity contribution in [2.45, 2.75) is 20.3 Å². The molecule has 0 aliphatic heterocycles. The van der Waals surface area contributed by atoms with Crippen molar-refractivity contribution < 1.29 is 4.79 Å². The zero-order valence-electron chi connectivity index (χ0n) is 12.8. The molecule has 122 valence electrons. The summed E-state index contributed by atoms with van der Waals surface area (Å²) in [5, 5.41) is 5.77. The number of rotatable bonds is 6. The predicted octanol–water partition coefficient (Wildman–Crippen LogP) is 3.18. The van der Waals surface area contributed by atoms with Crippen LogP contribution in [0, 0.1) is 6.92 Å². The van der Waals surface area contributed by atoms with E-state index in [1.165, 1.54) is 0 Å². The second kappa shape index (κ2) is 10.6. The zero-order chi connectivity index (χ0) is 15.8. The molecule has 0 bridgehead atoms. The van der Waals surface area contributed by atoms with Crippen molar-refractivity contribution in [1.29, 1.82) is 0 Å². The number of guanidine groups is 1. The molecule has 0 fully saturated rings. The maximum atomic E-state index is 11.9. The van der Waals surface area contributed by atoms with Crippen molar-refractivity contribution in [3.8, 4) is 0 Å². The quantitative estimate of drug-likeness (QED) is 0.253. The minimum atomic E-state index is -0.0728. The molecule has 7 heteroatoms. The first-order valence-electron chi connectivity index (χ1n) is 6.62. The summed E-state index contributed by atoms with van der Waals surface area (Å²) in [5.74, 6) is 0.251. The summed E-state index contributed by atoms with van der Waals surface area (Å²) in [7, 11) is 0. The third kappa shape index (κ3) is 8.38. The number of hydrogen-bond acceptors (Lipinski definition) is 2. The molecular formula is C15H22BrIN4O. The van der Waals surface area contributed by atoms with Crippen LogP contribution in [0.1, 0.15) is 18.9 Å². The van der Waals surface area contributed by atoms with Crippen molar-refractivity contribution in [2.75, 3.05) is 18.4 Å². The fourth-order valence-corrected chi connectivity index (χ4v) is 1.88. The molecule has 1 aromatic carbocycles. The third-order valence-electron chi connectivity index (χ3n) is 2.65. The number of aryl methyl sites for hydroxylation is 1. The Morgan fingerprint density at radius 1 is 1.45 bits per heavy atom. The van der Waals surface area contributed by atoms with Crippen molar-refractivity contribution in [2.24, 2.45) is 10.7 Å². The van der Waals surface area contributed by atoms with E-state index in [2.05, 4.69) is 38.1 Å². The Hall–Kier alpha value is -1.09. The van der Waals surface area contributed by atoms with Crippen LogP contribution < -0.4 is 16.4 Å². The second-order valence-corrected chi connectivity index (χ2v) is 5.76. The van der Waals surface area contributed by atoms with Crippen LogP contribution in [-0.4, -0.2) is 25.0 Å². The number of aliphatic imine (C=N–C) groups is 1. The maximum absolute atomic E-state index is 11.9. The summed E-state index contributed by atoms with van der Waals surface area (Å²) >= 11 is 3.38. The molecule has 0 unspecified atom stereocenters. The third-order valence-corrected chi connectivity index (χ3v) is 3.14. The average molecular weight is 481 g/mol. The minimum Gasteiger partial charge on any atom is -0.370 e. The van der Waals surface area contributed by atoms with Crippen LogP contribution in [0.3, 0.4) is 0 Å². The lowest BCUT2D eigenvalue weighted by Gasteiger charge is -2.09. The Morgan fingerprint density at radius 2 is 2.14 bits per heavy atom. The molecule has 0 aliphatic carbocycles. The Balaban J connectivity index is 0.00000441. The van der Waals surface area contributed by atoms with E-state index in [1.807, 2.05) is 32.0 Å². The summed E-state index contributed by atoms with van der Waals surface area (Å²) in [6.45, 7) is 8.49. The van der Waals surface area contributed by atoms with Crippen LogP contribution in [0.15, 0.2) is 39.8 Å². The van der Waals surface area contributed by atoms with Crippen LogP contribution in [0.2, 0.25) is 0 Å². The van der Waals surface area contributed by atoms with Crippen LogP contribution in [0.4, 0.5) is 5.69 Å². The fraction of sp³-hybridized carbons (Fsp3) is 0.333. The molecule has 0 saturated carbocycles. The highest BCUT2D eigenvalue weighted by atomic mass is 127. The molecule has 0 atom stereocenters. The van der Waals surface area contributed by atoms with Crippen molar-refractivity contribution in [3.63, 3.8) is 0 Å². The highest BCUT2D eigenvalue weighted by Gasteiger charge is 2.05. The molecule has 0 radical (unpaired) electrons. The van der Waals surface area contributed by atoms with E-state index in [0.29, 0.717) is 25.5 Å². The molecule has 0 spiro atoms. The predicted molar refractivity (Wildman–Crippen MR) is 107 cm³/mol. The lowest BCUT2D eigenvalue weighted by atomic mass is 10.2. The van der Waals surface area contributed by atoms with Gasteiger partial charge in [-0.05, 0) is 31.5 Å². The lowest BCUT2D eigenvalue weighted by Crippen LogP contribution is -2.34. The molecule has 22 heavy (non-hydrogen) atoms. The highest BCUT2D eigenvalue weighted by molar-refractivity contribution is 14.0. The first-order valence-corrected chi connectivity index (χ1v) is 7.42. The Morgan fingerprint density at radius 3 is 2.77 bits per heavy atom. The van der Waals surface area contributed by atoms with Crippen molar-refractivity contribution >= 4 is 57.5 Å². The van der Waals surface area contributed by atoms with E-state index in [9.17, 15) is 4.79 Å². The molecule has 0 aromatic heterocycles. The number of nitrogens with two attached hydrogens (primary N) is 1. The van der Waals surface area contributed by atoms with E-state index in [0.717, 1.165) is 21.3 Å².